The lowest BCUT2D eigenvalue weighted by molar-refractivity contribution is -0.386. The Morgan fingerprint density at radius 1 is 1.47 bits per heavy atom. The Morgan fingerprint density at radius 3 is 2.47 bits per heavy atom. The van der Waals surface area contributed by atoms with Gasteiger partial charge in [0.25, 0.3) is 0 Å². The predicted octanol–water partition coefficient (Wildman–Crippen LogP) is 0.994. The molecule has 0 fully saturated rings. The number of carbonyl (C=O) groups is 1. The van der Waals surface area contributed by atoms with Crippen molar-refractivity contribution in [1.29, 1.82) is 0 Å². The van der Waals surface area contributed by atoms with E-state index in [9.17, 15) is 32.9 Å². The molecule has 0 aliphatic heterocycles. The van der Waals surface area contributed by atoms with Crippen molar-refractivity contribution in [3.05, 3.63) is 32.2 Å². The molecule has 0 radical (unpaired) electrons. The molecule has 0 spiro atoms. The van der Waals surface area contributed by atoms with Gasteiger partial charge in [0.15, 0.2) is 6.29 Å². The zero-order chi connectivity index (χ0) is 13.2. The molecule has 1 aromatic heterocycles. The summed E-state index contributed by atoms with van der Waals surface area (Å²) in [4.78, 5) is 32.5. The molecule has 10 heteroatoms. The maximum absolute atomic E-state index is 11.9. The van der Waals surface area contributed by atoms with Crippen molar-refractivity contribution >= 4 is 12.0 Å². The molecule has 1 rings (SSSR count). The van der Waals surface area contributed by atoms with Gasteiger partial charge < -0.3 is 9.72 Å². The highest BCUT2D eigenvalue weighted by atomic mass is 19.4. The van der Waals surface area contributed by atoms with Crippen LogP contribution in [0.5, 0.6) is 5.75 Å². The number of alkyl halides is 3. The van der Waals surface area contributed by atoms with Crippen LogP contribution in [-0.4, -0.2) is 22.6 Å². The summed E-state index contributed by atoms with van der Waals surface area (Å²) in [6.07, 6.45) is -4.85. The topological polar surface area (TPSA) is 102 Å². The van der Waals surface area contributed by atoms with Crippen LogP contribution in [0, 0.1) is 10.1 Å². The quantitative estimate of drug-likeness (QED) is 0.491. The average Bonchev–Trinajstić information content (AvgIpc) is 2.18. The number of H-pyrrole nitrogens is 1. The number of hydrogen-bond donors (Lipinski definition) is 1. The van der Waals surface area contributed by atoms with Gasteiger partial charge in [-0.1, -0.05) is 0 Å². The van der Waals surface area contributed by atoms with Gasteiger partial charge >= 0.3 is 17.5 Å². The van der Waals surface area contributed by atoms with E-state index in [4.69, 9.17) is 0 Å². The first-order chi connectivity index (χ1) is 7.76. The summed E-state index contributed by atoms with van der Waals surface area (Å²) in [6, 6.07) is 0. The first kappa shape index (κ1) is 12.7. The van der Waals surface area contributed by atoms with Crippen LogP contribution in [0.2, 0.25) is 0 Å². The molecule has 7 nitrogen and oxygen atoms in total. The van der Waals surface area contributed by atoms with Crippen LogP contribution in [-0.2, 0) is 0 Å². The zero-order valence-electron chi connectivity index (χ0n) is 7.78. The minimum absolute atomic E-state index is 0.119. The lowest BCUT2D eigenvalue weighted by Crippen LogP contribution is -2.24. The summed E-state index contributed by atoms with van der Waals surface area (Å²) in [5.41, 5.74) is -3.62. The minimum Gasteiger partial charge on any atom is -0.399 e. The van der Waals surface area contributed by atoms with E-state index in [0.717, 1.165) is 0 Å². The number of aromatic amines is 1. The molecule has 0 bridgehead atoms. The number of rotatable bonds is 3. The molecule has 1 heterocycles. The largest absolute Gasteiger partial charge is 0.573 e. The van der Waals surface area contributed by atoms with Crippen LogP contribution < -0.4 is 10.2 Å². The highest BCUT2D eigenvalue weighted by molar-refractivity contribution is 5.76. The normalized spacial score (nSPS) is 11.0. The average molecular weight is 252 g/mol. The number of nitrogens with zero attached hydrogens (tertiary/aromatic N) is 1. The molecule has 0 saturated heterocycles. The number of halogens is 3. The maximum Gasteiger partial charge on any atom is 0.573 e. The second kappa shape index (κ2) is 4.23. The van der Waals surface area contributed by atoms with Crippen molar-refractivity contribution in [2.45, 2.75) is 6.36 Å². The molecule has 0 atom stereocenters. The Hall–Kier alpha value is -2.39. The lowest BCUT2D eigenvalue weighted by atomic mass is 10.3. The van der Waals surface area contributed by atoms with Crippen LogP contribution in [0.25, 0.3) is 0 Å². The number of nitrogens with one attached hydrogen (secondary N) is 1. The molecule has 1 aromatic rings. The second-order valence-corrected chi connectivity index (χ2v) is 2.67. The van der Waals surface area contributed by atoms with E-state index in [-0.39, 0.29) is 6.29 Å². The van der Waals surface area contributed by atoms with Gasteiger partial charge in [-0.15, -0.1) is 13.2 Å². The van der Waals surface area contributed by atoms with E-state index in [0.29, 0.717) is 6.20 Å². The third-order valence-electron chi connectivity index (χ3n) is 1.58. The van der Waals surface area contributed by atoms with Gasteiger partial charge in [0.2, 0.25) is 5.75 Å². The number of aromatic nitrogens is 1. The summed E-state index contributed by atoms with van der Waals surface area (Å²) in [7, 11) is 0. The first-order valence-electron chi connectivity index (χ1n) is 3.87. The Bertz CT molecular complexity index is 521. The SMILES string of the molecule is O=Cc1[nH]cc([N+](=O)[O-])c(=O)c1OC(F)(F)F. The molecule has 92 valence electrons. The molecular weight excluding hydrogens is 249 g/mol. The molecular formula is C7H3F3N2O5. The zero-order valence-corrected chi connectivity index (χ0v) is 7.78. The van der Waals surface area contributed by atoms with E-state index >= 15 is 0 Å². The van der Waals surface area contributed by atoms with Gasteiger partial charge in [-0.2, -0.15) is 0 Å². The number of aldehydes is 1. The van der Waals surface area contributed by atoms with Crippen LogP contribution in [0.4, 0.5) is 18.9 Å². The standard InChI is InChI=1S/C7H3F3N2O5/c8-7(9,10)17-6-3(2-13)11-1-4(5(6)14)12(15)16/h1-2H,(H,11,14). The minimum atomic E-state index is -5.24. The molecule has 0 aromatic carbocycles. The van der Waals surface area contributed by atoms with Gasteiger partial charge in [0.1, 0.15) is 5.69 Å². The Labute approximate surface area is 90.0 Å². The fourth-order valence-electron chi connectivity index (χ4n) is 0.956. The molecule has 0 saturated carbocycles. The molecule has 0 aliphatic rings. The van der Waals surface area contributed by atoms with Crippen LogP contribution in [0.15, 0.2) is 11.0 Å². The fourth-order valence-corrected chi connectivity index (χ4v) is 0.956. The van der Waals surface area contributed by atoms with Crippen molar-refractivity contribution in [2.24, 2.45) is 0 Å². The summed E-state index contributed by atoms with van der Waals surface area (Å²) >= 11 is 0. The highest BCUT2D eigenvalue weighted by Crippen LogP contribution is 2.22. The maximum atomic E-state index is 11.9. The monoisotopic (exact) mass is 252 g/mol. The van der Waals surface area contributed by atoms with Gasteiger partial charge in [-0.3, -0.25) is 19.7 Å². The van der Waals surface area contributed by atoms with E-state index in [1.165, 1.54) is 0 Å². The molecule has 0 amide bonds. The predicted molar refractivity (Wildman–Crippen MR) is 45.8 cm³/mol. The summed E-state index contributed by atoms with van der Waals surface area (Å²) in [6.45, 7) is 0. The summed E-state index contributed by atoms with van der Waals surface area (Å²) in [5, 5.41) is 10.3. The second-order valence-electron chi connectivity index (χ2n) is 2.67. The van der Waals surface area contributed by atoms with Crippen molar-refractivity contribution in [2.75, 3.05) is 0 Å². The van der Waals surface area contributed by atoms with E-state index in [2.05, 4.69) is 4.74 Å². The molecule has 0 unspecified atom stereocenters. The van der Waals surface area contributed by atoms with Crippen LogP contribution in [0.1, 0.15) is 10.5 Å². The number of carbonyl (C=O) groups excluding carboxylic acids is 1. The Morgan fingerprint density at radius 2 is 2.06 bits per heavy atom. The number of ether oxygens (including phenoxy) is 1. The van der Waals surface area contributed by atoms with Crippen LogP contribution >= 0.6 is 0 Å². The first-order valence-corrected chi connectivity index (χ1v) is 3.87. The van der Waals surface area contributed by atoms with E-state index < -0.39 is 33.8 Å². The third kappa shape index (κ3) is 2.80. The highest BCUT2D eigenvalue weighted by Gasteiger charge is 2.35. The summed E-state index contributed by atoms with van der Waals surface area (Å²) < 4.78 is 39.0. The van der Waals surface area contributed by atoms with E-state index in [1.807, 2.05) is 4.98 Å². The lowest BCUT2D eigenvalue weighted by Gasteiger charge is -2.09. The molecule has 1 N–H and O–H groups in total. The van der Waals surface area contributed by atoms with E-state index in [1.54, 1.807) is 0 Å². The molecule has 0 aliphatic carbocycles. The number of pyridine rings is 1. The fraction of sp³-hybridized carbons (Fsp3) is 0.143. The van der Waals surface area contributed by atoms with Gasteiger partial charge in [-0.25, -0.2) is 0 Å². The van der Waals surface area contributed by atoms with Crippen LogP contribution in [0.3, 0.4) is 0 Å². The van der Waals surface area contributed by atoms with Crippen molar-refractivity contribution < 1.29 is 27.6 Å². The van der Waals surface area contributed by atoms with Crippen molar-refractivity contribution in [3.63, 3.8) is 0 Å². The third-order valence-corrected chi connectivity index (χ3v) is 1.58. The summed E-state index contributed by atoms with van der Waals surface area (Å²) in [5.74, 6) is -1.46. The Balaban J connectivity index is 3.43. The number of nitro groups is 1. The van der Waals surface area contributed by atoms with Gasteiger partial charge in [0, 0.05) is 0 Å². The Kier molecular flexibility index (Phi) is 3.16. The van der Waals surface area contributed by atoms with Crippen molar-refractivity contribution in [3.8, 4) is 5.75 Å². The number of hydrogen-bond acceptors (Lipinski definition) is 5. The van der Waals surface area contributed by atoms with Gasteiger partial charge in [-0.05, 0) is 0 Å². The smallest absolute Gasteiger partial charge is 0.399 e. The molecule has 17 heavy (non-hydrogen) atoms. The van der Waals surface area contributed by atoms with Gasteiger partial charge in [0.05, 0.1) is 11.1 Å². The van der Waals surface area contributed by atoms with Crippen molar-refractivity contribution in [1.82, 2.24) is 4.98 Å².